The molecule has 0 bridgehead atoms. The van der Waals surface area contributed by atoms with Crippen LogP contribution in [-0.2, 0) is 11.8 Å². The molecule has 3 aromatic rings. The van der Waals surface area contributed by atoms with Crippen molar-refractivity contribution in [3.05, 3.63) is 53.6 Å². The van der Waals surface area contributed by atoms with E-state index in [9.17, 15) is 4.79 Å². The maximum atomic E-state index is 12.1. The van der Waals surface area contributed by atoms with E-state index in [-0.39, 0.29) is 5.91 Å². The van der Waals surface area contributed by atoms with Gasteiger partial charge in [0.05, 0.1) is 40.0 Å². The summed E-state index contributed by atoms with van der Waals surface area (Å²) in [7, 11) is 1.85. The van der Waals surface area contributed by atoms with Crippen molar-refractivity contribution in [2.75, 3.05) is 5.32 Å². The van der Waals surface area contributed by atoms with Crippen molar-refractivity contribution in [1.29, 1.82) is 0 Å². The molecule has 0 saturated carbocycles. The highest BCUT2D eigenvalue weighted by atomic mass is 16.1. The molecule has 0 aliphatic carbocycles. The first kappa shape index (κ1) is 14.9. The summed E-state index contributed by atoms with van der Waals surface area (Å²) in [4.78, 5) is 20.8. The molecule has 0 atom stereocenters. The Labute approximate surface area is 133 Å². The second-order valence-corrected chi connectivity index (χ2v) is 5.28. The minimum absolute atomic E-state index is 0.223. The number of hydrogen-bond acceptors (Lipinski definition) is 4. The van der Waals surface area contributed by atoms with E-state index in [4.69, 9.17) is 0 Å². The number of fused-ring (bicyclic) bond motifs is 1. The average Bonchev–Trinajstić information content (AvgIpc) is 2.79. The van der Waals surface area contributed by atoms with Gasteiger partial charge in [-0.25, -0.2) is 4.98 Å². The minimum atomic E-state index is -0.223. The lowest BCUT2D eigenvalue weighted by atomic mass is 10.3. The van der Waals surface area contributed by atoms with Crippen molar-refractivity contribution in [2.45, 2.75) is 13.8 Å². The fourth-order valence-corrected chi connectivity index (χ4v) is 2.33. The maximum Gasteiger partial charge on any atom is 0.248 e. The Morgan fingerprint density at radius 1 is 1.22 bits per heavy atom. The fraction of sp³-hybridized carbons (Fsp3) is 0.176. The molecule has 6 nitrogen and oxygen atoms in total. The molecule has 1 amide bonds. The van der Waals surface area contributed by atoms with E-state index in [0.29, 0.717) is 5.69 Å². The lowest BCUT2D eigenvalue weighted by molar-refractivity contribution is -0.111. The molecular formula is C17H17N5O. The lowest BCUT2D eigenvalue weighted by Gasteiger charge is -2.02. The Morgan fingerprint density at radius 3 is 2.65 bits per heavy atom. The third-order valence-corrected chi connectivity index (χ3v) is 3.63. The van der Waals surface area contributed by atoms with Crippen LogP contribution in [0.3, 0.4) is 0 Å². The van der Waals surface area contributed by atoms with Crippen LogP contribution >= 0.6 is 0 Å². The molecule has 0 radical (unpaired) electrons. The number of hydrogen-bond donors (Lipinski definition) is 1. The number of rotatable bonds is 3. The van der Waals surface area contributed by atoms with E-state index in [1.165, 1.54) is 6.08 Å². The number of amides is 1. The van der Waals surface area contributed by atoms with Crippen LogP contribution in [0.15, 0.2) is 36.5 Å². The van der Waals surface area contributed by atoms with Crippen LogP contribution in [0.25, 0.3) is 17.1 Å². The highest BCUT2D eigenvalue weighted by molar-refractivity contribution is 6.02. The second kappa shape index (κ2) is 6.00. The van der Waals surface area contributed by atoms with E-state index in [1.54, 1.807) is 17.0 Å². The first-order valence-electron chi connectivity index (χ1n) is 7.25. The molecule has 3 rings (SSSR count). The van der Waals surface area contributed by atoms with Crippen molar-refractivity contribution in [3.8, 4) is 0 Å². The number of aromatic nitrogens is 4. The molecule has 23 heavy (non-hydrogen) atoms. The van der Waals surface area contributed by atoms with Crippen molar-refractivity contribution < 1.29 is 4.79 Å². The van der Waals surface area contributed by atoms with E-state index >= 15 is 0 Å². The number of carbonyl (C=O) groups is 1. The van der Waals surface area contributed by atoms with Crippen molar-refractivity contribution in [2.24, 2.45) is 7.05 Å². The van der Waals surface area contributed by atoms with Crippen LogP contribution in [0, 0.1) is 13.8 Å². The molecule has 1 aromatic carbocycles. The van der Waals surface area contributed by atoms with Crippen LogP contribution in [0.5, 0.6) is 0 Å². The molecule has 0 aliphatic rings. The Hall–Kier alpha value is -3.02. The zero-order chi connectivity index (χ0) is 16.4. The number of anilines is 1. The topological polar surface area (TPSA) is 72.7 Å². The SMILES string of the molecule is Cc1nn(C)c(C)c1NC(=O)/C=C/c1cnc2ccccc2n1. The highest BCUT2D eigenvalue weighted by Gasteiger charge is 2.10. The van der Waals surface area contributed by atoms with Gasteiger partial charge in [-0.3, -0.25) is 14.5 Å². The quantitative estimate of drug-likeness (QED) is 0.755. The van der Waals surface area contributed by atoms with Gasteiger partial charge in [-0.15, -0.1) is 0 Å². The van der Waals surface area contributed by atoms with Gasteiger partial charge in [0.1, 0.15) is 0 Å². The average molecular weight is 307 g/mol. The summed E-state index contributed by atoms with van der Waals surface area (Å²) in [6.45, 7) is 3.77. The zero-order valence-corrected chi connectivity index (χ0v) is 13.2. The highest BCUT2D eigenvalue weighted by Crippen LogP contribution is 2.18. The van der Waals surface area contributed by atoms with Crippen LogP contribution in [0.2, 0.25) is 0 Å². The number of aryl methyl sites for hydroxylation is 2. The van der Waals surface area contributed by atoms with Gasteiger partial charge in [-0.05, 0) is 32.1 Å². The second-order valence-electron chi connectivity index (χ2n) is 5.28. The van der Waals surface area contributed by atoms with Gasteiger partial charge >= 0.3 is 0 Å². The van der Waals surface area contributed by atoms with Gasteiger partial charge < -0.3 is 5.32 Å². The predicted molar refractivity (Wildman–Crippen MR) is 89.9 cm³/mol. The van der Waals surface area contributed by atoms with Gasteiger partial charge in [0.2, 0.25) is 5.91 Å². The summed E-state index contributed by atoms with van der Waals surface area (Å²) in [6, 6.07) is 7.61. The molecule has 0 fully saturated rings. The van der Waals surface area contributed by atoms with E-state index in [1.807, 2.05) is 45.2 Å². The smallest absolute Gasteiger partial charge is 0.248 e. The van der Waals surface area contributed by atoms with E-state index in [0.717, 1.165) is 28.1 Å². The number of nitrogens with one attached hydrogen (secondary N) is 1. The molecular weight excluding hydrogens is 290 g/mol. The molecule has 2 aromatic heterocycles. The zero-order valence-electron chi connectivity index (χ0n) is 13.2. The summed E-state index contributed by atoms with van der Waals surface area (Å²) < 4.78 is 1.74. The van der Waals surface area contributed by atoms with Gasteiger partial charge in [0.25, 0.3) is 0 Å². The first-order valence-corrected chi connectivity index (χ1v) is 7.25. The van der Waals surface area contributed by atoms with Crippen molar-refractivity contribution in [1.82, 2.24) is 19.7 Å². The van der Waals surface area contributed by atoms with Crippen molar-refractivity contribution in [3.63, 3.8) is 0 Å². The largest absolute Gasteiger partial charge is 0.319 e. The standard InChI is InChI=1S/C17H17N5O/c1-11-17(12(2)22(3)21-11)20-16(23)9-8-13-10-18-14-6-4-5-7-15(14)19-13/h4-10H,1-3H3,(H,20,23)/b9-8+. The molecule has 1 N–H and O–H groups in total. The maximum absolute atomic E-state index is 12.1. The predicted octanol–water partition coefficient (Wildman–Crippen LogP) is 2.63. The van der Waals surface area contributed by atoms with Crippen molar-refractivity contribution >= 4 is 28.7 Å². The lowest BCUT2D eigenvalue weighted by Crippen LogP contribution is -2.09. The molecule has 0 saturated heterocycles. The monoisotopic (exact) mass is 307 g/mol. The Morgan fingerprint density at radius 2 is 1.96 bits per heavy atom. The summed E-state index contributed by atoms with van der Waals surface area (Å²) >= 11 is 0. The minimum Gasteiger partial charge on any atom is -0.319 e. The van der Waals surface area contributed by atoms with Gasteiger partial charge in [0, 0.05) is 13.1 Å². The number of para-hydroxylation sites is 2. The van der Waals surface area contributed by atoms with E-state index < -0.39 is 0 Å². The summed E-state index contributed by atoms with van der Waals surface area (Å²) in [5, 5.41) is 7.12. The summed E-state index contributed by atoms with van der Waals surface area (Å²) in [5.41, 5.74) is 4.71. The third-order valence-electron chi connectivity index (χ3n) is 3.63. The Balaban J connectivity index is 1.77. The Bertz CT molecular complexity index is 910. The van der Waals surface area contributed by atoms with Crippen LogP contribution in [0.1, 0.15) is 17.1 Å². The molecule has 0 unspecified atom stereocenters. The summed E-state index contributed by atoms with van der Waals surface area (Å²) in [5.74, 6) is -0.223. The van der Waals surface area contributed by atoms with Crippen LogP contribution in [0.4, 0.5) is 5.69 Å². The van der Waals surface area contributed by atoms with E-state index in [2.05, 4.69) is 20.4 Å². The van der Waals surface area contributed by atoms with Crippen LogP contribution < -0.4 is 5.32 Å². The number of benzene rings is 1. The summed E-state index contributed by atoms with van der Waals surface area (Å²) in [6.07, 6.45) is 4.74. The van der Waals surface area contributed by atoms with Gasteiger partial charge in [-0.2, -0.15) is 5.10 Å². The molecule has 0 aliphatic heterocycles. The molecule has 6 heteroatoms. The Kier molecular flexibility index (Phi) is 3.89. The van der Waals surface area contributed by atoms with Gasteiger partial charge in [0.15, 0.2) is 0 Å². The number of nitrogens with zero attached hydrogens (tertiary/aromatic N) is 4. The molecule has 0 spiro atoms. The normalized spacial score (nSPS) is 11.3. The fourth-order valence-electron chi connectivity index (χ4n) is 2.33. The molecule has 116 valence electrons. The molecule has 2 heterocycles. The third kappa shape index (κ3) is 3.11. The number of carbonyl (C=O) groups excluding carboxylic acids is 1. The van der Waals surface area contributed by atoms with Crippen LogP contribution in [-0.4, -0.2) is 25.7 Å². The first-order chi connectivity index (χ1) is 11.0. The van der Waals surface area contributed by atoms with Gasteiger partial charge in [-0.1, -0.05) is 12.1 Å².